The van der Waals surface area contributed by atoms with Crippen LogP contribution in [0.2, 0.25) is 5.02 Å². The first-order valence-electron chi connectivity index (χ1n) is 6.28. The predicted octanol–water partition coefficient (Wildman–Crippen LogP) is 4.61. The third kappa shape index (κ3) is 6.19. The number of benzene rings is 1. The van der Waals surface area contributed by atoms with Crippen molar-refractivity contribution in [2.45, 2.75) is 25.9 Å². The van der Waals surface area contributed by atoms with Crippen LogP contribution in [0, 0.1) is 0 Å². The summed E-state index contributed by atoms with van der Waals surface area (Å²) < 4.78 is 11.2. The predicted molar refractivity (Wildman–Crippen MR) is 79.7 cm³/mol. The van der Waals surface area contributed by atoms with Gasteiger partial charge >= 0.3 is 0 Å². The highest BCUT2D eigenvalue weighted by atomic mass is 79.9. The minimum absolute atomic E-state index is 0.0264. The van der Waals surface area contributed by atoms with E-state index in [9.17, 15) is 0 Å². The van der Waals surface area contributed by atoms with E-state index in [4.69, 9.17) is 21.1 Å². The molecule has 1 aromatic rings. The fourth-order valence-electron chi connectivity index (χ4n) is 1.53. The van der Waals surface area contributed by atoms with Crippen molar-refractivity contribution in [2.75, 3.05) is 25.2 Å². The first-order valence-corrected chi connectivity index (χ1v) is 7.78. The number of hydrogen-bond donors (Lipinski definition) is 0. The van der Waals surface area contributed by atoms with Gasteiger partial charge in [-0.1, -0.05) is 53.0 Å². The summed E-state index contributed by atoms with van der Waals surface area (Å²) in [4.78, 5) is 0. The lowest BCUT2D eigenvalue weighted by Gasteiger charge is -2.16. The van der Waals surface area contributed by atoms with E-state index in [0.29, 0.717) is 13.2 Å². The quantitative estimate of drug-likeness (QED) is 0.484. The highest BCUT2D eigenvalue weighted by molar-refractivity contribution is 9.09. The van der Waals surface area contributed by atoms with Gasteiger partial charge in [-0.2, -0.15) is 0 Å². The van der Waals surface area contributed by atoms with Crippen LogP contribution in [-0.2, 0) is 9.47 Å². The van der Waals surface area contributed by atoms with Gasteiger partial charge in [-0.05, 0) is 24.1 Å². The molecule has 0 saturated heterocycles. The molecule has 0 radical (unpaired) electrons. The molecule has 1 aromatic carbocycles. The Hall–Kier alpha value is -0.0900. The Balaban J connectivity index is 2.29. The van der Waals surface area contributed by atoms with Gasteiger partial charge < -0.3 is 9.47 Å². The minimum atomic E-state index is 0.0264. The maximum absolute atomic E-state index is 5.97. The van der Waals surface area contributed by atoms with Crippen LogP contribution < -0.4 is 0 Å². The van der Waals surface area contributed by atoms with Crippen molar-refractivity contribution >= 4 is 27.5 Å². The Bertz CT molecular complexity index is 333. The van der Waals surface area contributed by atoms with E-state index >= 15 is 0 Å². The molecule has 0 saturated carbocycles. The van der Waals surface area contributed by atoms with E-state index < -0.39 is 0 Å². The zero-order valence-corrected chi connectivity index (χ0v) is 13.0. The lowest BCUT2D eigenvalue weighted by Crippen LogP contribution is -2.11. The molecular formula is C14H20BrClO2. The normalized spacial score (nSPS) is 12.6. The van der Waals surface area contributed by atoms with Gasteiger partial charge in [-0.3, -0.25) is 0 Å². The van der Waals surface area contributed by atoms with Crippen LogP contribution in [0.1, 0.15) is 31.4 Å². The lowest BCUT2D eigenvalue weighted by molar-refractivity contribution is 0.0133. The van der Waals surface area contributed by atoms with Gasteiger partial charge in [0.1, 0.15) is 0 Å². The molecule has 2 nitrogen and oxygen atoms in total. The summed E-state index contributed by atoms with van der Waals surface area (Å²) in [5.41, 5.74) is 1.09. The van der Waals surface area contributed by atoms with E-state index in [-0.39, 0.29) is 6.10 Å². The molecule has 1 unspecified atom stereocenters. The molecule has 0 bridgehead atoms. The molecule has 0 aromatic heterocycles. The smallest absolute Gasteiger partial charge is 0.0923 e. The molecule has 0 amide bonds. The molecule has 0 spiro atoms. The Morgan fingerprint density at radius 2 is 2.11 bits per heavy atom. The molecule has 1 atom stereocenters. The van der Waals surface area contributed by atoms with Gasteiger partial charge in [0.05, 0.1) is 19.3 Å². The molecule has 0 aliphatic rings. The van der Waals surface area contributed by atoms with E-state index in [1.165, 1.54) is 0 Å². The maximum atomic E-state index is 5.97. The molecule has 0 aliphatic carbocycles. The van der Waals surface area contributed by atoms with Gasteiger partial charge in [0.2, 0.25) is 0 Å². The van der Waals surface area contributed by atoms with Crippen LogP contribution in [-0.4, -0.2) is 25.2 Å². The molecular weight excluding hydrogens is 316 g/mol. The summed E-state index contributed by atoms with van der Waals surface area (Å²) >= 11 is 9.43. The third-order valence-corrected chi connectivity index (χ3v) is 3.37. The van der Waals surface area contributed by atoms with E-state index in [1.54, 1.807) is 0 Å². The zero-order valence-electron chi connectivity index (χ0n) is 10.7. The number of hydrogen-bond acceptors (Lipinski definition) is 2. The minimum Gasteiger partial charge on any atom is -0.379 e. The summed E-state index contributed by atoms with van der Waals surface area (Å²) in [6.45, 7) is 4.21. The van der Waals surface area contributed by atoms with Crippen molar-refractivity contribution in [3.05, 3.63) is 34.9 Å². The Labute approximate surface area is 123 Å². The van der Waals surface area contributed by atoms with E-state index in [0.717, 1.165) is 35.4 Å². The van der Waals surface area contributed by atoms with Gasteiger partial charge in [0.15, 0.2) is 0 Å². The second-order valence-corrected chi connectivity index (χ2v) is 5.12. The summed E-state index contributed by atoms with van der Waals surface area (Å²) in [6, 6.07) is 7.76. The van der Waals surface area contributed by atoms with Gasteiger partial charge in [-0.25, -0.2) is 0 Å². The largest absolute Gasteiger partial charge is 0.379 e. The van der Waals surface area contributed by atoms with Crippen molar-refractivity contribution in [1.29, 1.82) is 0 Å². The lowest BCUT2D eigenvalue weighted by atomic mass is 10.1. The van der Waals surface area contributed by atoms with Crippen LogP contribution >= 0.6 is 27.5 Å². The van der Waals surface area contributed by atoms with Crippen LogP contribution in [0.4, 0.5) is 0 Å². The molecule has 0 fully saturated rings. The summed E-state index contributed by atoms with van der Waals surface area (Å²) in [6.07, 6.45) is 2.29. The molecule has 0 aliphatic heterocycles. The Morgan fingerprint density at radius 1 is 1.28 bits per heavy atom. The summed E-state index contributed by atoms with van der Waals surface area (Å²) in [7, 11) is 0. The van der Waals surface area contributed by atoms with Gasteiger partial charge in [0, 0.05) is 17.0 Å². The van der Waals surface area contributed by atoms with E-state index in [1.807, 2.05) is 24.3 Å². The maximum Gasteiger partial charge on any atom is 0.0923 e. The number of unbranched alkanes of at least 4 members (excludes halogenated alkanes) is 1. The Morgan fingerprint density at radius 3 is 2.78 bits per heavy atom. The molecule has 1 rings (SSSR count). The second kappa shape index (κ2) is 9.79. The Kier molecular flexibility index (Phi) is 8.68. The number of alkyl halides is 1. The number of halogens is 2. The molecule has 102 valence electrons. The second-order valence-electron chi connectivity index (χ2n) is 4.03. The van der Waals surface area contributed by atoms with Gasteiger partial charge in [0.25, 0.3) is 0 Å². The topological polar surface area (TPSA) is 18.5 Å². The van der Waals surface area contributed by atoms with Crippen molar-refractivity contribution < 1.29 is 9.47 Å². The zero-order chi connectivity index (χ0) is 13.2. The molecule has 18 heavy (non-hydrogen) atoms. The average molecular weight is 336 g/mol. The monoisotopic (exact) mass is 334 g/mol. The average Bonchev–Trinajstić information content (AvgIpc) is 2.38. The van der Waals surface area contributed by atoms with Crippen LogP contribution in [0.25, 0.3) is 0 Å². The fraction of sp³-hybridized carbons (Fsp3) is 0.571. The molecule has 0 heterocycles. The number of rotatable bonds is 9. The third-order valence-electron chi connectivity index (χ3n) is 2.55. The SMILES string of the molecule is CCCCOCCOC(CBr)c1cccc(Cl)c1. The summed E-state index contributed by atoms with van der Waals surface area (Å²) in [5.74, 6) is 0. The first-order chi connectivity index (χ1) is 8.77. The van der Waals surface area contributed by atoms with Crippen molar-refractivity contribution in [1.82, 2.24) is 0 Å². The highest BCUT2D eigenvalue weighted by Gasteiger charge is 2.10. The first kappa shape index (κ1) is 16.0. The van der Waals surface area contributed by atoms with Crippen LogP contribution in [0.3, 0.4) is 0 Å². The van der Waals surface area contributed by atoms with Gasteiger partial charge in [-0.15, -0.1) is 0 Å². The van der Waals surface area contributed by atoms with Crippen molar-refractivity contribution in [3.63, 3.8) is 0 Å². The highest BCUT2D eigenvalue weighted by Crippen LogP contribution is 2.22. The van der Waals surface area contributed by atoms with E-state index in [2.05, 4.69) is 22.9 Å². The van der Waals surface area contributed by atoms with Crippen molar-refractivity contribution in [2.24, 2.45) is 0 Å². The van der Waals surface area contributed by atoms with Crippen LogP contribution in [0.5, 0.6) is 0 Å². The fourth-order valence-corrected chi connectivity index (χ4v) is 2.29. The molecule has 4 heteroatoms. The van der Waals surface area contributed by atoms with Crippen LogP contribution in [0.15, 0.2) is 24.3 Å². The van der Waals surface area contributed by atoms with Crippen molar-refractivity contribution in [3.8, 4) is 0 Å². The summed E-state index contributed by atoms with van der Waals surface area (Å²) in [5, 5.41) is 1.49. The standard InChI is InChI=1S/C14H20BrClO2/c1-2-3-7-17-8-9-18-14(11-15)12-5-4-6-13(16)10-12/h4-6,10,14H,2-3,7-9,11H2,1H3. The molecule has 0 N–H and O–H groups in total. The number of ether oxygens (including phenoxy) is 2.